The molecule has 88 valence electrons. The van der Waals surface area contributed by atoms with Gasteiger partial charge in [-0.2, -0.15) is 0 Å². The second-order valence-electron chi connectivity index (χ2n) is 3.85. The molecule has 0 aromatic carbocycles. The molecule has 0 saturated carbocycles. The van der Waals surface area contributed by atoms with Gasteiger partial charge in [0.25, 0.3) is 0 Å². The van der Waals surface area contributed by atoms with Gasteiger partial charge in [0.1, 0.15) is 11.5 Å². The molecule has 1 aliphatic rings. The smallest absolute Gasteiger partial charge is 0.350 e. The summed E-state index contributed by atoms with van der Waals surface area (Å²) in [7, 11) is 0. The molecule has 0 aliphatic carbocycles. The number of thiazole rings is 1. The Morgan fingerprint density at radius 1 is 1.69 bits per heavy atom. The average molecular weight is 241 g/mol. The van der Waals surface area contributed by atoms with Crippen LogP contribution in [-0.4, -0.2) is 30.3 Å². The third-order valence-electron chi connectivity index (χ3n) is 2.61. The summed E-state index contributed by atoms with van der Waals surface area (Å²) < 4.78 is 10.7. The first-order valence-electron chi connectivity index (χ1n) is 5.46. The number of esters is 1. The van der Waals surface area contributed by atoms with Crippen LogP contribution in [-0.2, 0) is 9.47 Å². The van der Waals surface area contributed by atoms with Crippen molar-refractivity contribution in [1.82, 2.24) is 4.98 Å². The van der Waals surface area contributed by atoms with Crippen molar-refractivity contribution in [2.24, 2.45) is 0 Å². The molecule has 0 spiro atoms. The van der Waals surface area contributed by atoms with E-state index >= 15 is 0 Å². The summed E-state index contributed by atoms with van der Waals surface area (Å²) in [5.41, 5.74) is 2.39. The van der Waals surface area contributed by atoms with Gasteiger partial charge in [-0.25, -0.2) is 9.78 Å². The number of ether oxygens (including phenoxy) is 2. The summed E-state index contributed by atoms with van der Waals surface area (Å²) in [6, 6.07) is 0. The Hall–Kier alpha value is -0.940. The Balaban J connectivity index is 1.81. The molecular weight excluding hydrogens is 226 g/mol. The van der Waals surface area contributed by atoms with E-state index in [-0.39, 0.29) is 12.1 Å². The highest BCUT2D eigenvalue weighted by atomic mass is 32.1. The first kappa shape index (κ1) is 11.5. The standard InChI is InChI=1S/C11H15NO3S/c1-8-10(16-7-12-8)11(13)15-6-9-4-2-3-5-14-9/h7,9H,2-6H2,1H3. The summed E-state index contributed by atoms with van der Waals surface area (Å²) in [5, 5.41) is 0. The van der Waals surface area contributed by atoms with Crippen molar-refractivity contribution < 1.29 is 14.3 Å². The van der Waals surface area contributed by atoms with Crippen LogP contribution in [0.25, 0.3) is 0 Å². The van der Waals surface area contributed by atoms with Crippen LogP contribution in [0, 0.1) is 6.92 Å². The lowest BCUT2D eigenvalue weighted by Crippen LogP contribution is -2.25. The zero-order chi connectivity index (χ0) is 11.4. The summed E-state index contributed by atoms with van der Waals surface area (Å²) in [6.45, 7) is 2.95. The van der Waals surface area contributed by atoms with E-state index in [4.69, 9.17) is 9.47 Å². The lowest BCUT2D eigenvalue weighted by Gasteiger charge is -2.21. The Morgan fingerprint density at radius 2 is 2.56 bits per heavy atom. The fraction of sp³-hybridized carbons (Fsp3) is 0.636. The Labute approximate surface area is 98.6 Å². The van der Waals surface area contributed by atoms with Crippen LogP contribution in [0.4, 0.5) is 0 Å². The number of hydrogen-bond acceptors (Lipinski definition) is 5. The van der Waals surface area contributed by atoms with Gasteiger partial charge in [0, 0.05) is 6.61 Å². The van der Waals surface area contributed by atoms with Gasteiger partial charge in [0.15, 0.2) is 0 Å². The van der Waals surface area contributed by atoms with Crippen LogP contribution in [0.2, 0.25) is 0 Å². The molecule has 1 aromatic heterocycles. The summed E-state index contributed by atoms with van der Waals surface area (Å²) >= 11 is 1.32. The Kier molecular flexibility index (Phi) is 3.90. The van der Waals surface area contributed by atoms with Gasteiger partial charge in [-0.15, -0.1) is 11.3 Å². The van der Waals surface area contributed by atoms with Gasteiger partial charge in [0.2, 0.25) is 0 Å². The van der Waals surface area contributed by atoms with Gasteiger partial charge >= 0.3 is 5.97 Å². The minimum Gasteiger partial charge on any atom is -0.459 e. The number of aryl methyl sites for hydroxylation is 1. The fourth-order valence-electron chi connectivity index (χ4n) is 1.67. The molecule has 1 saturated heterocycles. The van der Waals surface area contributed by atoms with Crippen LogP contribution in [0.3, 0.4) is 0 Å². The fourth-order valence-corrected chi connectivity index (χ4v) is 2.37. The molecule has 1 aromatic rings. The normalized spacial score (nSPS) is 20.7. The molecule has 1 unspecified atom stereocenters. The van der Waals surface area contributed by atoms with Crippen LogP contribution in [0.15, 0.2) is 5.51 Å². The van der Waals surface area contributed by atoms with E-state index in [2.05, 4.69) is 4.98 Å². The van der Waals surface area contributed by atoms with E-state index in [1.165, 1.54) is 11.3 Å². The molecule has 0 amide bonds. The molecule has 16 heavy (non-hydrogen) atoms. The molecule has 2 heterocycles. The van der Waals surface area contributed by atoms with Crippen LogP contribution in [0.5, 0.6) is 0 Å². The highest BCUT2D eigenvalue weighted by molar-refractivity contribution is 7.11. The number of carbonyl (C=O) groups is 1. The van der Waals surface area contributed by atoms with Crippen molar-refractivity contribution in [1.29, 1.82) is 0 Å². The molecule has 0 radical (unpaired) electrons. The van der Waals surface area contributed by atoms with Gasteiger partial charge in [-0.1, -0.05) is 0 Å². The van der Waals surface area contributed by atoms with E-state index in [0.717, 1.165) is 31.6 Å². The molecule has 1 aliphatic heterocycles. The largest absolute Gasteiger partial charge is 0.459 e. The van der Waals surface area contributed by atoms with Crippen molar-refractivity contribution >= 4 is 17.3 Å². The second kappa shape index (κ2) is 5.41. The zero-order valence-corrected chi connectivity index (χ0v) is 10.1. The molecule has 0 N–H and O–H groups in total. The van der Waals surface area contributed by atoms with Gasteiger partial charge in [-0.05, 0) is 26.2 Å². The van der Waals surface area contributed by atoms with Crippen LogP contribution >= 0.6 is 11.3 Å². The molecular formula is C11H15NO3S. The summed E-state index contributed by atoms with van der Waals surface area (Å²) in [4.78, 5) is 16.3. The molecule has 5 heteroatoms. The van der Waals surface area contributed by atoms with E-state index in [1.807, 2.05) is 6.92 Å². The molecule has 1 atom stereocenters. The second-order valence-corrected chi connectivity index (χ2v) is 4.71. The quantitative estimate of drug-likeness (QED) is 0.761. The highest BCUT2D eigenvalue weighted by Gasteiger charge is 2.18. The van der Waals surface area contributed by atoms with Gasteiger partial charge < -0.3 is 9.47 Å². The monoisotopic (exact) mass is 241 g/mol. The topological polar surface area (TPSA) is 48.4 Å². The van der Waals surface area contributed by atoms with Gasteiger partial charge in [0.05, 0.1) is 17.3 Å². The third-order valence-corrected chi connectivity index (χ3v) is 3.51. The first-order chi connectivity index (χ1) is 7.77. The maximum absolute atomic E-state index is 11.7. The van der Waals surface area contributed by atoms with Crippen molar-refractivity contribution in [3.05, 3.63) is 16.1 Å². The SMILES string of the molecule is Cc1ncsc1C(=O)OCC1CCCCO1. The van der Waals surface area contributed by atoms with E-state index in [9.17, 15) is 4.79 Å². The van der Waals surface area contributed by atoms with Crippen molar-refractivity contribution in [3.8, 4) is 0 Å². The molecule has 1 fully saturated rings. The number of rotatable bonds is 3. The summed E-state index contributed by atoms with van der Waals surface area (Å²) in [6.07, 6.45) is 3.32. The average Bonchev–Trinajstić information content (AvgIpc) is 2.74. The van der Waals surface area contributed by atoms with E-state index < -0.39 is 0 Å². The Bertz CT molecular complexity index is 358. The van der Waals surface area contributed by atoms with Crippen LogP contribution < -0.4 is 0 Å². The van der Waals surface area contributed by atoms with Crippen molar-refractivity contribution in [2.45, 2.75) is 32.3 Å². The first-order valence-corrected chi connectivity index (χ1v) is 6.34. The minimum absolute atomic E-state index is 0.0749. The highest BCUT2D eigenvalue weighted by Crippen LogP contribution is 2.16. The maximum atomic E-state index is 11.7. The van der Waals surface area contributed by atoms with Crippen molar-refractivity contribution in [2.75, 3.05) is 13.2 Å². The minimum atomic E-state index is -0.283. The van der Waals surface area contributed by atoms with Crippen LogP contribution in [0.1, 0.15) is 34.6 Å². The predicted octanol–water partition coefficient (Wildman–Crippen LogP) is 2.18. The summed E-state index contributed by atoms with van der Waals surface area (Å²) in [5.74, 6) is -0.283. The number of aromatic nitrogens is 1. The lowest BCUT2D eigenvalue weighted by atomic mass is 10.1. The molecule has 0 bridgehead atoms. The predicted molar refractivity (Wildman–Crippen MR) is 60.7 cm³/mol. The number of carbonyl (C=O) groups excluding carboxylic acids is 1. The third kappa shape index (κ3) is 2.80. The number of hydrogen-bond donors (Lipinski definition) is 0. The van der Waals surface area contributed by atoms with Crippen molar-refractivity contribution in [3.63, 3.8) is 0 Å². The van der Waals surface area contributed by atoms with E-state index in [1.54, 1.807) is 5.51 Å². The molecule has 4 nitrogen and oxygen atoms in total. The number of nitrogens with zero attached hydrogens (tertiary/aromatic N) is 1. The van der Waals surface area contributed by atoms with Gasteiger partial charge in [-0.3, -0.25) is 0 Å². The van der Waals surface area contributed by atoms with E-state index in [0.29, 0.717) is 11.5 Å². The Morgan fingerprint density at radius 3 is 3.19 bits per heavy atom. The molecule has 2 rings (SSSR count). The lowest BCUT2D eigenvalue weighted by molar-refractivity contribution is -0.0298. The maximum Gasteiger partial charge on any atom is 0.350 e. The zero-order valence-electron chi connectivity index (χ0n) is 9.27.